The molecule has 0 heterocycles. The minimum absolute atomic E-state index is 0.495. The van der Waals surface area contributed by atoms with Crippen LogP contribution in [0.4, 0.5) is 5.69 Å². The van der Waals surface area contributed by atoms with Gasteiger partial charge in [0.15, 0.2) is 5.11 Å². The molecule has 3 nitrogen and oxygen atoms in total. The lowest BCUT2D eigenvalue weighted by molar-refractivity contribution is 0.417. The first kappa shape index (κ1) is 16.9. The first-order valence-corrected chi connectivity index (χ1v) is 7.79. The van der Waals surface area contributed by atoms with Crippen molar-refractivity contribution in [3.8, 4) is 5.75 Å². The maximum atomic E-state index is 5.99. The number of benzene rings is 2. The van der Waals surface area contributed by atoms with E-state index in [1.807, 2.05) is 25.1 Å². The van der Waals surface area contributed by atoms with Gasteiger partial charge < -0.3 is 15.4 Å². The van der Waals surface area contributed by atoms with Crippen LogP contribution in [0.25, 0.3) is 0 Å². The van der Waals surface area contributed by atoms with Crippen LogP contribution in [0.5, 0.6) is 5.75 Å². The molecular formula is C16H16Cl2N2OS. The van der Waals surface area contributed by atoms with Gasteiger partial charge in [0.05, 0.1) is 12.8 Å². The summed E-state index contributed by atoms with van der Waals surface area (Å²) in [5, 5.41) is 8.08. The molecule has 0 fully saturated rings. The highest BCUT2D eigenvalue weighted by atomic mass is 35.5. The van der Waals surface area contributed by atoms with Crippen LogP contribution in [0.2, 0.25) is 10.0 Å². The number of nitrogens with one attached hydrogen (secondary N) is 2. The fourth-order valence-corrected chi connectivity index (χ4v) is 2.56. The van der Waals surface area contributed by atoms with E-state index >= 15 is 0 Å². The van der Waals surface area contributed by atoms with Crippen molar-refractivity contribution in [2.24, 2.45) is 0 Å². The highest BCUT2D eigenvalue weighted by Gasteiger charge is 2.06. The highest BCUT2D eigenvalue weighted by molar-refractivity contribution is 7.80. The lowest BCUT2D eigenvalue weighted by Crippen LogP contribution is -2.28. The van der Waals surface area contributed by atoms with Crippen molar-refractivity contribution in [3.63, 3.8) is 0 Å². The summed E-state index contributed by atoms with van der Waals surface area (Å²) in [5.41, 5.74) is 2.97. The Hall–Kier alpha value is -1.49. The molecule has 116 valence electrons. The summed E-state index contributed by atoms with van der Waals surface area (Å²) in [6.45, 7) is 2.62. The zero-order valence-corrected chi connectivity index (χ0v) is 14.6. The molecule has 0 unspecified atom stereocenters. The van der Waals surface area contributed by atoms with E-state index in [9.17, 15) is 0 Å². The van der Waals surface area contributed by atoms with Gasteiger partial charge in [-0.1, -0.05) is 29.3 Å². The van der Waals surface area contributed by atoms with Crippen LogP contribution >= 0.6 is 35.4 Å². The third kappa shape index (κ3) is 4.50. The summed E-state index contributed by atoms with van der Waals surface area (Å²) in [7, 11) is 1.60. The first-order chi connectivity index (χ1) is 10.5. The van der Waals surface area contributed by atoms with Gasteiger partial charge in [-0.25, -0.2) is 0 Å². The Kier molecular flexibility index (Phi) is 5.89. The molecule has 2 aromatic carbocycles. The van der Waals surface area contributed by atoms with Crippen molar-refractivity contribution in [3.05, 3.63) is 57.6 Å². The van der Waals surface area contributed by atoms with Crippen molar-refractivity contribution < 1.29 is 4.74 Å². The second-order valence-corrected chi connectivity index (χ2v) is 6.00. The van der Waals surface area contributed by atoms with E-state index in [1.165, 1.54) is 0 Å². The fourth-order valence-electron chi connectivity index (χ4n) is 1.98. The molecule has 0 saturated carbocycles. The minimum Gasteiger partial charge on any atom is -0.495 e. The Labute approximate surface area is 145 Å². The lowest BCUT2D eigenvalue weighted by atomic mass is 10.1. The molecule has 0 aliphatic rings. The predicted molar refractivity (Wildman–Crippen MR) is 97.3 cm³/mol. The molecule has 0 aromatic heterocycles. The summed E-state index contributed by atoms with van der Waals surface area (Å²) in [6, 6.07) is 11.1. The van der Waals surface area contributed by atoms with Crippen molar-refractivity contribution in [2.45, 2.75) is 13.5 Å². The van der Waals surface area contributed by atoms with Crippen LogP contribution in [0.1, 0.15) is 11.1 Å². The van der Waals surface area contributed by atoms with Crippen molar-refractivity contribution in [2.75, 3.05) is 12.4 Å². The minimum atomic E-state index is 0.495. The number of halogens is 2. The van der Waals surface area contributed by atoms with Crippen LogP contribution in [0, 0.1) is 6.92 Å². The van der Waals surface area contributed by atoms with E-state index in [1.54, 1.807) is 25.3 Å². The van der Waals surface area contributed by atoms with Crippen LogP contribution < -0.4 is 15.4 Å². The Balaban J connectivity index is 2.00. The van der Waals surface area contributed by atoms with Gasteiger partial charge in [-0.05, 0) is 60.6 Å². The molecule has 0 spiro atoms. The third-order valence-corrected chi connectivity index (χ3v) is 3.87. The normalized spacial score (nSPS) is 10.2. The molecule has 0 amide bonds. The standard InChI is InChI=1S/C16H16Cl2N2OS/c1-10-7-12(17)4-3-11(10)9-19-16(22)20-14-8-13(18)5-6-15(14)21-2/h3-8H,9H2,1-2H3,(H2,19,20,22). The van der Waals surface area contributed by atoms with Crippen LogP contribution in [0.15, 0.2) is 36.4 Å². The maximum absolute atomic E-state index is 5.99. The second-order valence-electron chi connectivity index (χ2n) is 4.72. The summed E-state index contributed by atoms with van der Waals surface area (Å²) in [4.78, 5) is 0. The zero-order valence-electron chi connectivity index (χ0n) is 12.2. The topological polar surface area (TPSA) is 33.3 Å². The molecule has 22 heavy (non-hydrogen) atoms. The molecule has 6 heteroatoms. The van der Waals surface area contributed by atoms with Crippen molar-refractivity contribution >= 4 is 46.2 Å². The molecule has 0 aliphatic heterocycles. The SMILES string of the molecule is COc1ccc(Cl)cc1NC(=S)NCc1ccc(Cl)cc1C. The number of hydrogen-bond donors (Lipinski definition) is 2. The van der Waals surface area contributed by atoms with Crippen molar-refractivity contribution in [1.82, 2.24) is 5.32 Å². The van der Waals surface area contributed by atoms with E-state index in [4.69, 9.17) is 40.2 Å². The van der Waals surface area contributed by atoms with E-state index in [2.05, 4.69) is 10.6 Å². The Morgan fingerprint density at radius 2 is 1.82 bits per heavy atom. The molecular weight excluding hydrogens is 339 g/mol. The molecule has 2 N–H and O–H groups in total. The monoisotopic (exact) mass is 354 g/mol. The molecule has 2 rings (SSSR count). The molecule has 0 saturated heterocycles. The maximum Gasteiger partial charge on any atom is 0.171 e. The van der Waals surface area contributed by atoms with Gasteiger partial charge in [0, 0.05) is 16.6 Å². The van der Waals surface area contributed by atoms with Gasteiger partial charge >= 0.3 is 0 Å². The van der Waals surface area contributed by atoms with Gasteiger partial charge in [-0.2, -0.15) is 0 Å². The fraction of sp³-hybridized carbons (Fsp3) is 0.188. The number of rotatable bonds is 4. The Bertz CT molecular complexity index is 692. The predicted octanol–water partition coefficient (Wildman–Crippen LogP) is 4.80. The molecule has 0 bridgehead atoms. The number of anilines is 1. The highest BCUT2D eigenvalue weighted by Crippen LogP contribution is 2.27. The van der Waals surface area contributed by atoms with E-state index < -0.39 is 0 Å². The third-order valence-electron chi connectivity index (χ3n) is 3.15. The molecule has 0 aliphatic carbocycles. The number of aryl methyl sites for hydroxylation is 1. The average Bonchev–Trinajstić information content (AvgIpc) is 2.46. The smallest absolute Gasteiger partial charge is 0.171 e. The van der Waals surface area contributed by atoms with E-state index in [0.717, 1.165) is 21.8 Å². The summed E-state index contributed by atoms with van der Waals surface area (Å²) in [6.07, 6.45) is 0. The van der Waals surface area contributed by atoms with Crippen LogP contribution in [0.3, 0.4) is 0 Å². The van der Waals surface area contributed by atoms with Crippen LogP contribution in [-0.4, -0.2) is 12.2 Å². The quantitative estimate of drug-likeness (QED) is 0.772. The van der Waals surface area contributed by atoms with Gasteiger partial charge in [-0.3, -0.25) is 0 Å². The largest absolute Gasteiger partial charge is 0.495 e. The van der Waals surface area contributed by atoms with Gasteiger partial charge in [0.2, 0.25) is 0 Å². The first-order valence-electron chi connectivity index (χ1n) is 6.63. The molecule has 2 aromatic rings. The average molecular weight is 355 g/mol. The van der Waals surface area contributed by atoms with Gasteiger partial charge in [0.25, 0.3) is 0 Å². The van der Waals surface area contributed by atoms with E-state index in [-0.39, 0.29) is 0 Å². The Morgan fingerprint density at radius 1 is 1.14 bits per heavy atom. The second kappa shape index (κ2) is 7.68. The van der Waals surface area contributed by atoms with Gasteiger partial charge in [-0.15, -0.1) is 0 Å². The number of thiocarbonyl (C=S) groups is 1. The zero-order chi connectivity index (χ0) is 16.1. The number of hydrogen-bond acceptors (Lipinski definition) is 2. The van der Waals surface area contributed by atoms with E-state index in [0.29, 0.717) is 22.4 Å². The lowest BCUT2D eigenvalue weighted by Gasteiger charge is -2.14. The summed E-state index contributed by atoms with van der Waals surface area (Å²) >= 11 is 17.3. The molecule has 0 radical (unpaired) electrons. The molecule has 0 atom stereocenters. The summed E-state index contributed by atoms with van der Waals surface area (Å²) in [5.74, 6) is 0.677. The number of methoxy groups -OCH3 is 1. The summed E-state index contributed by atoms with van der Waals surface area (Å²) < 4.78 is 5.27. The van der Waals surface area contributed by atoms with Crippen LogP contribution in [-0.2, 0) is 6.54 Å². The van der Waals surface area contributed by atoms with Crippen molar-refractivity contribution in [1.29, 1.82) is 0 Å². The Morgan fingerprint density at radius 3 is 2.50 bits per heavy atom. The van der Waals surface area contributed by atoms with Gasteiger partial charge in [0.1, 0.15) is 5.75 Å². The number of ether oxygens (including phenoxy) is 1.